The summed E-state index contributed by atoms with van der Waals surface area (Å²) in [6, 6.07) is 8.30. The van der Waals surface area contributed by atoms with Crippen molar-refractivity contribution < 1.29 is 9.59 Å². The Morgan fingerprint density at radius 2 is 2.12 bits per heavy atom. The highest BCUT2D eigenvalue weighted by Gasteiger charge is 2.49. The molecule has 1 heterocycles. The minimum Gasteiger partial charge on any atom is -0.349 e. The zero-order valence-corrected chi connectivity index (χ0v) is 19.5. The Morgan fingerprint density at radius 1 is 1.38 bits per heavy atom. The largest absolute Gasteiger partial charge is 0.349 e. The van der Waals surface area contributed by atoms with Crippen molar-refractivity contribution in [2.75, 3.05) is 14.1 Å². The zero-order valence-electron chi connectivity index (χ0n) is 19.5. The second kappa shape index (κ2) is 8.05. The van der Waals surface area contributed by atoms with Gasteiger partial charge in [0, 0.05) is 43.2 Å². The summed E-state index contributed by atoms with van der Waals surface area (Å²) < 4.78 is 2.21. The molecule has 1 amide bonds. The highest BCUT2D eigenvalue weighted by atomic mass is 16.2. The molecule has 4 rings (SSSR count). The average Bonchev–Trinajstić information content (AvgIpc) is 3.12. The Hall–Kier alpha value is -3.20. The zero-order chi connectivity index (χ0) is 23.2. The van der Waals surface area contributed by atoms with Gasteiger partial charge >= 0.3 is 0 Å². The lowest BCUT2D eigenvalue weighted by atomic mass is 9.59. The third-order valence-corrected chi connectivity index (χ3v) is 7.23. The molecule has 166 valence electrons. The van der Waals surface area contributed by atoms with Crippen LogP contribution in [-0.4, -0.2) is 40.2 Å². The van der Waals surface area contributed by atoms with E-state index < -0.39 is 5.41 Å². The van der Waals surface area contributed by atoms with Gasteiger partial charge in [0.05, 0.1) is 12.3 Å². The van der Waals surface area contributed by atoms with Crippen molar-refractivity contribution >= 4 is 11.7 Å². The van der Waals surface area contributed by atoms with Gasteiger partial charge in [-0.15, -0.1) is 0 Å². The Labute approximate surface area is 189 Å². The van der Waals surface area contributed by atoms with Crippen LogP contribution < -0.4 is 0 Å². The lowest BCUT2D eigenvalue weighted by molar-refractivity contribution is -0.128. The molecule has 1 aromatic heterocycles. The van der Waals surface area contributed by atoms with Crippen LogP contribution in [0.5, 0.6) is 0 Å². The van der Waals surface area contributed by atoms with Crippen LogP contribution in [-0.2, 0) is 27.8 Å². The van der Waals surface area contributed by atoms with Crippen LogP contribution in [0.25, 0.3) is 10.5 Å². The van der Waals surface area contributed by atoms with Crippen molar-refractivity contribution in [3.05, 3.63) is 70.2 Å². The van der Waals surface area contributed by atoms with Crippen LogP contribution >= 0.6 is 0 Å². The molecule has 2 aliphatic carbocycles. The number of aryl methyl sites for hydroxylation is 2. The maximum Gasteiger partial charge on any atom is 0.226 e. The number of allylic oxidation sites excluding steroid dienone is 2. The Morgan fingerprint density at radius 3 is 2.81 bits per heavy atom. The van der Waals surface area contributed by atoms with Crippen LogP contribution in [0.2, 0.25) is 0 Å². The molecule has 0 spiro atoms. The fourth-order valence-corrected chi connectivity index (χ4v) is 5.48. The van der Waals surface area contributed by atoms with Crippen molar-refractivity contribution in [3.8, 4) is 5.69 Å². The molecular weight excluding hydrogens is 400 g/mol. The molecule has 1 aromatic carbocycles. The number of hydrogen-bond acceptors (Lipinski definition) is 3. The predicted molar refractivity (Wildman–Crippen MR) is 123 cm³/mol. The van der Waals surface area contributed by atoms with Crippen molar-refractivity contribution in [2.24, 2.45) is 11.8 Å². The van der Waals surface area contributed by atoms with E-state index in [0.717, 1.165) is 41.3 Å². The van der Waals surface area contributed by atoms with E-state index in [1.54, 1.807) is 19.0 Å². The van der Waals surface area contributed by atoms with Crippen molar-refractivity contribution in [1.29, 1.82) is 0 Å². The van der Waals surface area contributed by atoms with Gasteiger partial charge in [-0.05, 0) is 49.8 Å². The number of carbonyl (C=O) groups excluding carboxylic acids is 2. The van der Waals surface area contributed by atoms with Gasteiger partial charge in [-0.3, -0.25) is 4.79 Å². The number of Topliss-reactive ketones (excluding diaryl/α,β-unsaturated/α-hetero) is 1. The fraction of sp³-hybridized carbons (Fsp3) is 0.462. The number of imidazole rings is 1. The molecular formula is C26H30N4O2. The molecule has 6 heteroatoms. The van der Waals surface area contributed by atoms with E-state index in [1.807, 2.05) is 26.0 Å². The number of hydrogen-bond donors (Lipinski definition) is 0. The first-order valence-corrected chi connectivity index (χ1v) is 11.2. The van der Waals surface area contributed by atoms with E-state index in [2.05, 4.69) is 34.5 Å². The first-order chi connectivity index (χ1) is 15.2. The molecule has 6 nitrogen and oxygen atoms in total. The molecule has 0 saturated heterocycles. The van der Waals surface area contributed by atoms with E-state index in [-0.39, 0.29) is 29.2 Å². The molecule has 32 heavy (non-hydrogen) atoms. The molecule has 2 aromatic rings. The summed E-state index contributed by atoms with van der Waals surface area (Å²) in [7, 11) is 3.56. The summed E-state index contributed by atoms with van der Waals surface area (Å²) in [5.74, 6) is 0.959. The molecule has 0 N–H and O–H groups in total. The monoisotopic (exact) mass is 430 g/mol. The predicted octanol–water partition coefficient (Wildman–Crippen LogP) is 4.04. The first-order valence-electron chi connectivity index (χ1n) is 11.2. The number of carbonyl (C=O) groups is 2. The van der Waals surface area contributed by atoms with Gasteiger partial charge in [-0.25, -0.2) is 9.83 Å². The topological polar surface area (TPSA) is 59.6 Å². The van der Waals surface area contributed by atoms with E-state index in [0.29, 0.717) is 12.8 Å². The van der Waals surface area contributed by atoms with Crippen molar-refractivity contribution in [3.63, 3.8) is 0 Å². The van der Waals surface area contributed by atoms with Crippen LogP contribution in [0, 0.1) is 25.3 Å². The van der Waals surface area contributed by atoms with Gasteiger partial charge < -0.3 is 14.3 Å². The molecule has 0 unspecified atom stereocenters. The average molecular weight is 431 g/mol. The number of fused-ring (bicyclic) bond motifs is 3. The van der Waals surface area contributed by atoms with Crippen LogP contribution in [0.15, 0.2) is 36.0 Å². The second-order valence-electron chi connectivity index (χ2n) is 9.47. The molecule has 3 atom stereocenters. The lowest BCUT2D eigenvalue weighted by Crippen LogP contribution is -2.45. The SMILES string of the molecule is [C-]#[N+]C1=C[C@]2(C)c3nc(C)n(-c4cccc(CCC(=O)N(C)C)c4)c3CC[C@H]2[C@H](C)C1=O. The van der Waals surface area contributed by atoms with Crippen LogP contribution in [0.3, 0.4) is 0 Å². The van der Waals surface area contributed by atoms with E-state index in [9.17, 15) is 9.59 Å². The van der Waals surface area contributed by atoms with Gasteiger partial charge in [-0.2, -0.15) is 0 Å². The standard InChI is InChI=1S/C26H30N4O2/c1-16-20-11-12-22-25(26(20,3)15-21(27-4)24(16)32)28-17(2)30(22)19-9-7-8-18(14-19)10-13-23(31)29(5)6/h7-9,14-16,20H,10-13H2,1-3,5-6H3/t16-,20-,26-/m0/s1. The summed E-state index contributed by atoms with van der Waals surface area (Å²) >= 11 is 0. The number of ketones is 1. The summed E-state index contributed by atoms with van der Waals surface area (Å²) in [5.41, 5.74) is 4.12. The minimum absolute atomic E-state index is 0.0398. The Balaban J connectivity index is 1.75. The molecule has 0 radical (unpaired) electrons. The van der Waals surface area contributed by atoms with Crippen LogP contribution in [0.4, 0.5) is 0 Å². The summed E-state index contributed by atoms with van der Waals surface area (Å²) in [4.78, 5) is 34.8. The van der Waals surface area contributed by atoms with Gasteiger partial charge in [0.2, 0.25) is 11.6 Å². The molecule has 0 fully saturated rings. The molecule has 0 aliphatic heterocycles. The highest BCUT2D eigenvalue weighted by Crippen LogP contribution is 2.50. The van der Waals surface area contributed by atoms with Gasteiger partial charge in [0.15, 0.2) is 5.78 Å². The number of aromatic nitrogens is 2. The Bertz CT molecular complexity index is 1170. The number of amides is 1. The lowest BCUT2D eigenvalue weighted by Gasteiger charge is -2.44. The Kier molecular flexibility index (Phi) is 5.54. The maximum absolute atomic E-state index is 12.6. The summed E-state index contributed by atoms with van der Waals surface area (Å²) in [5, 5.41) is 0. The van der Waals surface area contributed by atoms with Crippen molar-refractivity contribution in [2.45, 2.75) is 51.9 Å². The maximum atomic E-state index is 12.6. The fourth-order valence-electron chi connectivity index (χ4n) is 5.48. The van der Waals surface area contributed by atoms with Gasteiger partial charge in [0.1, 0.15) is 5.82 Å². The number of benzene rings is 1. The van der Waals surface area contributed by atoms with E-state index in [1.165, 1.54) is 0 Å². The van der Waals surface area contributed by atoms with Crippen molar-refractivity contribution in [1.82, 2.24) is 14.5 Å². The minimum atomic E-state index is -0.424. The smallest absolute Gasteiger partial charge is 0.226 e. The number of rotatable bonds is 4. The van der Waals surface area contributed by atoms with Crippen LogP contribution in [0.1, 0.15) is 49.5 Å². The normalized spacial score (nSPS) is 24.2. The van der Waals surface area contributed by atoms with Gasteiger partial charge in [0.25, 0.3) is 0 Å². The summed E-state index contributed by atoms with van der Waals surface area (Å²) in [6.07, 6.45) is 4.77. The molecule has 2 aliphatic rings. The van der Waals surface area contributed by atoms with Gasteiger partial charge in [-0.1, -0.05) is 32.1 Å². The summed E-state index contributed by atoms with van der Waals surface area (Å²) in [6.45, 7) is 13.6. The van der Waals surface area contributed by atoms with E-state index >= 15 is 0 Å². The van der Waals surface area contributed by atoms with E-state index in [4.69, 9.17) is 11.6 Å². The first kappa shape index (κ1) is 22.0. The second-order valence-corrected chi connectivity index (χ2v) is 9.47. The third kappa shape index (κ3) is 3.46. The third-order valence-electron chi connectivity index (χ3n) is 7.23. The molecule has 0 bridgehead atoms. The quantitative estimate of drug-likeness (QED) is 0.688. The highest BCUT2D eigenvalue weighted by molar-refractivity contribution is 6.00. The number of nitrogens with zero attached hydrogens (tertiary/aromatic N) is 4. The molecule has 0 saturated carbocycles.